The number of hydrogen-bond donors (Lipinski definition) is 1. The molecule has 2 heterocycles. The topological polar surface area (TPSA) is 91.0 Å². The number of aromatic nitrogens is 2. The molecule has 0 radical (unpaired) electrons. The van der Waals surface area contributed by atoms with Gasteiger partial charge in [0.1, 0.15) is 17.1 Å². The number of nitriles is 1. The predicted octanol–water partition coefficient (Wildman–Crippen LogP) is 3.17. The van der Waals surface area contributed by atoms with Crippen LogP contribution < -0.4 is 11.0 Å². The lowest BCUT2D eigenvalue weighted by Crippen LogP contribution is -2.29. The van der Waals surface area contributed by atoms with Crippen LogP contribution in [0.15, 0.2) is 34.2 Å². The van der Waals surface area contributed by atoms with Gasteiger partial charge in [-0.3, -0.25) is 19.1 Å². The monoisotopic (exact) mass is 378 g/mol. The van der Waals surface area contributed by atoms with E-state index in [9.17, 15) is 14.9 Å². The van der Waals surface area contributed by atoms with Crippen LogP contribution in [0.4, 0.5) is 0 Å². The van der Waals surface area contributed by atoms with Crippen LogP contribution in [0.5, 0.6) is 0 Å². The zero-order valence-electron chi connectivity index (χ0n) is 16.5. The van der Waals surface area contributed by atoms with Crippen LogP contribution in [0.25, 0.3) is 0 Å². The highest BCUT2D eigenvalue weighted by atomic mass is 16.2. The third-order valence-corrected chi connectivity index (χ3v) is 5.51. The number of rotatable bonds is 4. The van der Waals surface area contributed by atoms with Gasteiger partial charge in [-0.1, -0.05) is 25.3 Å². The third-order valence-electron chi connectivity index (χ3n) is 5.51. The lowest BCUT2D eigenvalue weighted by Gasteiger charge is -2.18. The molecule has 0 atom stereocenters. The lowest BCUT2D eigenvalue weighted by atomic mass is 9.96. The Hall–Kier alpha value is -2.94. The Bertz CT molecular complexity index is 1030. The SMILES string of the molecule is Cc1[nH]c(=O)c(C#N)c(C)c1CCC(=O)n1ccccc1=NC1CCCCC1. The summed E-state index contributed by atoms with van der Waals surface area (Å²) >= 11 is 0. The second-order valence-corrected chi connectivity index (χ2v) is 7.41. The van der Waals surface area contributed by atoms with E-state index in [1.54, 1.807) is 24.6 Å². The summed E-state index contributed by atoms with van der Waals surface area (Å²) in [6.07, 6.45) is 8.32. The fourth-order valence-corrected chi connectivity index (χ4v) is 3.92. The third kappa shape index (κ3) is 4.30. The van der Waals surface area contributed by atoms with E-state index in [4.69, 9.17) is 4.99 Å². The van der Waals surface area contributed by atoms with Gasteiger partial charge in [0.25, 0.3) is 5.56 Å². The van der Waals surface area contributed by atoms with E-state index in [-0.39, 0.29) is 29.5 Å². The molecule has 1 fully saturated rings. The molecule has 1 aliphatic rings. The van der Waals surface area contributed by atoms with Crippen molar-refractivity contribution < 1.29 is 4.79 Å². The Labute approximate surface area is 164 Å². The summed E-state index contributed by atoms with van der Waals surface area (Å²) in [5, 5.41) is 9.21. The second kappa shape index (κ2) is 8.83. The molecule has 6 nitrogen and oxygen atoms in total. The molecule has 0 amide bonds. The van der Waals surface area contributed by atoms with E-state index in [0.29, 0.717) is 23.2 Å². The summed E-state index contributed by atoms with van der Waals surface area (Å²) in [5.74, 6) is -0.0429. The molecule has 0 saturated heterocycles. The fourth-order valence-electron chi connectivity index (χ4n) is 3.92. The quantitative estimate of drug-likeness (QED) is 0.886. The number of carbonyl (C=O) groups is 1. The van der Waals surface area contributed by atoms with E-state index in [2.05, 4.69) is 4.98 Å². The zero-order chi connectivity index (χ0) is 20.1. The van der Waals surface area contributed by atoms with Gasteiger partial charge >= 0.3 is 0 Å². The van der Waals surface area contributed by atoms with E-state index >= 15 is 0 Å². The summed E-state index contributed by atoms with van der Waals surface area (Å²) in [6, 6.07) is 7.87. The molecule has 1 N–H and O–H groups in total. The molecule has 1 saturated carbocycles. The van der Waals surface area contributed by atoms with Crippen molar-refractivity contribution >= 4 is 5.91 Å². The van der Waals surface area contributed by atoms with Crippen molar-refractivity contribution in [2.45, 2.75) is 64.8 Å². The maximum absolute atomic E-state index is 12.9. The molecular weight excluding hydrogens is 352 g/mol. The van der Waals surface area contributed by atoms with Crippen LogP contribution in [-0.4, -0.2) is 21.5 Å². The van der Waals surface area contributed by atoms with Crippen LogP contribution >= 0.6 is 0 Å². The summed E-state index contributed by atoms with van der Waals surface area (Å²) in [4.78, 5) is 32.3. The standard InChI is InChI=1S/C22H26N4O2/c1-15-18(16(2)24-22(28)19(15)14-23)11-12-21(27)26-13-7-6-10-20(26)25-17-8-4-3-5-9-17/h6-7,10,13,17H,3-5,8-9,11-12H2,1-2H3,(H,24,28). The van der Waals surface area contributed by atoms with Gasteiger partial charge in [0.15, 0.2) is 0 Å². The summed E-state index contributed by atoms with van der Waals surface area (Å²) < 4.78 is 1.62. The van der Waals surface area contributed by atoms with Gasteiger partial charge in [-0.2, -0.15) is 5.26 Å². The Morgan fingerprint density at radius 1 is 1.29 bits per heavy atom. The molecule has 2 aromatic rings. The molecule has 1 aliphatic carbocycles. The molecule has 0 aliphatic heterocycles. The number of nitrogens with zero attached hydrogens (tertiary/aromatic N) is 3. The Morgan fingerprint density at radius 3 is 2.75 bits per heavy atom. The number of pyridine rings is 2. The van der Waals surface area contributed by atoms with Crippen molar-refractivity contribution in [2.75, 3.05) is 0 Å². The van der Waals surface area contributed by atoms with Crippen molar-refractivity contribution in [3.63, 3.8) is 0 Å². The molecular formula is C22H26N4O2. The summed E-state index contributed by atoms with van der Waals surface area (Å²) in [5.41, 5.74) is 2.66. The maximum atomic E-state index is 12.9. The molecule has 28 heavy (non-hydrogen) atoms. The van der Waals surface area contributed by atoms with Gasteiger partial charge in [-0.25, -0.2) is 0 Å². The second-order valence-electron chi connectivity index (χ2n) is 7.41. The molecule has 146 valence electrons. The highest BCUT2D eigenvalue weighted by molar-refractivity contribution is 5.79. The van der Waals surface area contributed by atoms with Crippen molar-refractivity contribution in [3.05, 3.63) is 62.6 Å². The Balaban J connectivity index is 1.83. The molecule has 0 bridgehead atoms. The number of aromatic amines is 1. The zero-order valence-corrected chi connectivity index (χ0v) is 16.5. The van der Waals surface area contributed by atoms with Crippen LogP contribution in [-0.2, 0) is 6.42 Å². The van der Waals surface area contributed by atoms with Gasteiger partial charge in [0.2, 0.25) is 5.91 Å². The molecule has 0 spiro atoms. The normalized spacial score (nSPS) is 15.4. The molecule has 3 rings (SSSR count). The number of nitrogens with one attached hydrogen (secondary N) is 1. The van der Waals surface area contributed by atoms with Gasteiger partial charge in [-0.15, -0.1) is 0 Å². The van der Waals surface area contributed by atoms with Crippen LogP contribution in [0.1, 0.15) is 65.7 Å². The van der Waals surface area contributed by atoms with Crippen molar-refractivity contribution in [1.29, 1.82) is 5.26 Å². The summed E-state index contributed by atoms with van der Waals surface area (Å²) in [7, 11) is 0. The molecule has 0 unspecified atom stereocenters. The van der Waals surface area contributed by atoms with Crippen molar-refractivity contribution in [2.24, 2.45) is 4.99 Å². The van der Waals surface area contributed by atoms with Crippen LogP contribution in [0, 0.1) is 25.2 Å². The minimum Gasteiger partial charge on any atom is -0.325 e. The van der Waals surface area contributed by atoms with Crippen LogP contribution in [0.3, 0.4) is 0 Å². The van der Waals surface area contributed by atoms with Crippen molar-refractivity contribution in [1.82, 2.24) is 9.55 Å². The van der Waals surface area contributed by atoms with Gasteiger partial charge < -0.3 is 4.98 Å². The van der Waals surface area contributed by atoms with Crippen molar-refractivity contribution in [3.8, 4) is 6.07 Å². The first-order chi connectivity index (χ1) is 13.5. The van der Waals surface area contributed by atoms with Gasteiger partial charge in [0.05, 0.1) is 6.04 Å². The first kappa shape index (κ1) is 19.8. The molecule has 2 aromatic heterocycles. The van der Waals surface area contributed by atoms with E-state index in [0.717, 1.165) is 18.4 Å². The Morgan fingerprint density at radius 2 is 2.04 bits per heavy atom. The number of H-pyrrole nitrogens is 1. The van der Waals surface area contributed by atoms with E-state index in [1.165, 1.54) is 19.3 Å². The average Bonchev–Trinajstić information content (AvgIpc) is 2.69. The first-order valence-corrected chi connectivity index (χ1v) is 9.88. The first-order valence-electron chi connectivity index (χ1n) is 9.88. The smallest absolute Gasteiger partial charge is 0.266 e. The molecule has 0 aromatic carbocycles. The fraction of sp³-hybridized carbons (Fsp3) is 0.455. The Kier molecular flexibility index (Phi) is 6.25. The predicted molar refractivity (Wildman–Crippen MR) is 107 cm³/mol. The lowest BCUT2D eigenvalue weighted by molar-refractivity contribution is 0.0897. The number of aryl methyl sites for hydroxylation is 1. The largest absolute Gasteiger partial charge is 0.325 e. The van der Waals surface area contributed by atoms with E-state index < -0.39 is 0 Å². The minimum atomic E-state index is -0.376. The van der Waals surface area contributed by atoms with Gasteiger partial charge in [-0.05, 0) is 56.4 Å². The number of carbonyl (C=O) groups excluding carboxylic acids is 1. The van der Waals surface area contributed by atoms with Crippen LogP contribution in [0.2, 0.25) is 0 Å². The summed E-state index contributed by atoms with van der Waals surface area (Å²) in [6.45, 7) is 3.56. The molecule has 6 heteroatoms. The minimum absolute atomic E-state index is 0.0429. The maximum Gasteiger partial charge on any atom is 0.266 e. The highest BCUT2D eigenvalue weighted by Crippen LogP contribution is 2.19. The number of hydrogen-bond acceptors (Lipinski definition) is 4. The van der Waals surface area contributed by atoms with E-state index in [1.807, 2.05) is 24.3 Å². The highest BCUT2D eigenvalue weighted by Gasteiger charge is 2.15. The van der Waals surface area contributed by atoms with Gasteiger partial charge in [0, 0.05) is 18.3 Å². The average molecular weight is 378 g/mol.